The first-order valence-corrected chi connectivity index (χ1v) is 11.4. The second-order valence-corrected chi connectivity index (χ2v) is 9.20. The first-order valence-electron chi connectivity index (χ1n) is 10.2. The summed E-state index contributed by atoms with van der Waals surface area (Å²) in [5, 5.41) is 6.84. The third-order valence-corrected chi connectivity index (χ3v) is 7.34. The summed E-state index contributed by atoms with van der Waals surface area (Å²) in [5.74, 6) is -0.525. The van der Waals surface area contributed by atoms with E-state index in [-0.39, 0.29) is 17.3 Å². The molecule has 8 heteroatoms. The highest BCUT2D eigenvalue weighted by Gasteiger charge is 2.31. The SMILES string of the molecule is CN(Cc1ccccc1)c1nc(Cl)c(C2CC(c3ccc(F)cc3)=Cc3[nH][nH]c(=O)c32)s1. The van der Waals surface area contributed by atoms with E-state index in [4.69, 9.17) is 11.6 Å². The number of allylic oxidation sites excluding steroid dienone is 1. The molecule has 4 aromatic rings. The first-order chi connectivity index (χ1) is 15.5. The van der Waals surface area contributed by atoms with Crippen LogP contribution in [0.15, 0.2) is 59.4 Å². The number of aromatic amines is 2. The highest BCUT2D eigenvalue weighted by Crippen LogP contribution is 2.45. The van der Waals surface area contributed by atoms with Gasteiger partial charge >= 0.3 is 0 Å². The van der Waals surface area contributed by atoms with Gasteiger partial charge in [0.15, 0.2) is 5.13 Å². The summed E-state index contributed by atoms with van der Waals surface area (Å²) in [6.45, 7) is 0.700. The summed E-state index contributed by atoms with van der Waals surface area (Å²) >= 11 is 8.10. The smallest absolute Gasteiger partial charge is 0.268 e. The van der Waals surface area contributed by atoms with Gasteiger partial charge in [0.25, 0.3) is 5.56 Å². The van der Waals surface area contributed by atoms with E-state index in [2.05, 4.69) is 32.2 Å². The zero-order chi connectivity index (χ0) is 22.2. The van der Waals surface area contributed by atoms with Crippen molar-refractivity contribution in [3.05, 3.63) is 103 Å². The fourth-order valence-electron chi connectivity index (χ4n) is 4.09. The summed E-state index contributed by atoms with van der Waals surface area (Å²) in [6, 6.07) is 16.5. The Morgan fingerprint density at radius 2 is 1.91 bits per heavy atom. The largest absolute Gasteiger partial charge is 0.347 e. The molecule has 1 unspecified atom stereocenters. The van der Waals surface area contributed by atoms with E-state index < -0.39 is 0 Å². The second kappa shape index (κ2) is 8.41. The lowest BCUT2D eigenvalue weighted by atomic mass is 9.83. The zero-order valence-corrected chi connectivity index (χ0v) is 18.8. The van der Waals surface area contributed by atoms with Gasteiger partial charge in [-0.3, -0.25) is 15.0 Å². The van der Waals surface area contributed by atoms with Gasteiger partial charge in [0.05, 0.1) is 16.1 Å². The monoisotopic (exact) mass is 466 g/mol. The molecule has 0 saturated heterocycles. The Bertz CT molecular complexity index is 1340. The zero-order valence-electron chi connectivity index (χ0n) is 17.2. The van der Waals surface area contributed by atoms with Crippen molar-refractivity contribution in [1.82, 2.24) is 15.2 Å². The normalized spacial score (nSPS) is 15.3. The molecule has 1 atom stereocenters. The number of nitrogens with one attached hydrogen (secondary N) is 2. The summed E-state index contributed by atoms with van der Waals surface area (Å²) in [5.41, 5.74) is 4.29. The van der Waals surface area contributed by atoms with Crippen LogP contribution in [0.2, 0.25) is 5.15 Å². The first kappa shape index (κ1) is 20.7. The van der Waals surface area contributed by atoms with Gasteiger partial charge in [-0.2, -0.15) is 0 Å². The molecule has 0 radical (unpaired) electrons. The number of hydrogen-bond donors (Lipinski definition) is 2. The Kier molecular flexibility index (Phi) is 5.45. The standard InChI is InChI=1S/C24H20ClFN4OS/c1-30(13-14-5-3-2-4-6-14)24-27-22(25)21(32-24)18-11-16(15-7-9-17(26)10-8-15)12-19-20(18)23(31)29-28-19/h2-10,12,18H,11,13H2,1H3,(H2,28,29,31). The minimum atomic E-state index is -0.283. The Morgan fingerprint density at radius 3 is 2.66 bits per heavy atom. The van der Waals surface area contributed by atoms with E-state index in [1.165, 1.54) is 29.0 Å². The van der Waals surface area contributed by atoms with Crippen molar-refractivity contribution in [1.29, 1.82) is 0 Å². The van der Waals surface area contributed by atoms with Gasteiger partial charge in [-0.1, -0.05) is 65.4 Å². The molecule has 0 fully saturated rings. The molecule has 0 aliphatic heterocycles. The lowest BCUT2D eigenvalue weighted by Crippen LogP contribution is -2.16. The van der Waals surface area contributed by atoms with Crippen molar-refractivity contribution < 1.29 is 4.39 Å². The van der Waals surface area contributed by atoms with Gasteiger partial charge in [0.1, 0.15) is 11.0 Å². The fourth-order valence-corrected chi connectivity index (χ4v) is 5.50. The second-order valence-electron chi connectivity index (χ2n) is 7.83. The molecule has 1 aliphatic rings. The quantitative estimate of drug-likeness (QED) is 0.398. The maximum Gasteiger partial charge on any atom is 0.268 e. The maximum absolute atomic E-state index is 13.4. The number of rotatable bonds is 5. The Hall–Kier alpha value is -3.16. The number of nitrogens with zero attached hydrogens (tertiary/aromatic N) is 2. The van der Waals surface area contributed by atoms with Gasteiger partial charge in [0.2, 0.25) is 0 Å². The third kappa shape index (κ3) is 3.89. The number of thiazole rings is 1. The van der Waals surface area contributed by atoms with Crippen molar-refractivity contribution in [3.63, 3.8) is 0 Å². The van der Waals surface area contributed by atoms with Gasteiger partial charge < -0.3 is 4.90 Å². The van der Waals surface area contributed by atoms with Crippen molar-refractivity contribution in [2.75, 3.05) is 11.9 Å². The number of H-pyrrole nitrogens is 2. The number of halogens is 2. The molecule has 32 heavy (non-hydrogen) atoms. The molecule has 2 aromatic carbocycles. The summed E-state index contributed by atoms with van der Waals surface area (Å²) < 4.78 is 13.4. The van der Waals surface area contributed by atoms with E-state index in [9.17, 15) is 9.18 Å². The van der Waals surface area contributed by atoms with Crippen LogP contribution in [0.3, 0.4) is 0 Å². The minimum Gasteiger partial charge on any atom is -0.347 e. The average Bonchev–Trinajstić information content (AvgIpc) is 3.37. The van der Waals surface area contributed by atoms with Crippen molar-refractivity contribution in [2.24, 2.45) is 0 Å². The molecule has 5 nitrogen and oxygen atoms in total. The number of fused-ring (bicyclic) bond motifs is 1. The van der Waals surface area contributed by atoms with Crippen LogP contribution in [-0.4, -0.2) is 22.2 Å². The van der Waals surface area contributed by atoms with Crippen molar-refractivity contribution in [3.8, 4) is 0 Å². The molecule has 0 spiro atoms. The number of hydrogen-bond acceptors (Lipinski definition) is 4. The van der Waals surface area contributed by atoms with E-state index in [1.54, 1.807) is 12.1 Å². The Balaban J connectivity index is 1.50. The molecular formula is C24H20ClFN4OS. The van der Waals surface area contributed by atoms with Crippen LogP contribution in [0.4, 0.5) is 9.52 Å². The van der Waals surface area contributed by atoms with Crippen molar-refractivity contribution in [2.45, 2.75) is 18.9 Å². The number of aromatic nitrogens is 3. The van der Waals surface area contributed by atoms with E-state index in [0.29, 0.717) is 29.4 Å². The van der Waals surface area contributed by atoms with Gasteiger partial charge in [-0.25, -0.2) is 9.37 Å². The highest BCUT2D eigenvalue weighted by molar-refractivity contribution is 7.16. The molecular weight excluding hydrogens is 447 g/mol. The Morgan fingerprint density at radius 1 is 1.16 bits per heavy atom. The molecule has 0 amide bonds. The predicted molar refractivity (Wildman–Crippen MR) is 128 cm³/mol. The summed E-state index contributed by atoms with van der Waals surface area (Å²) in [6.07, 6.45) is 2.51. The number of anilines is 1. The maximum atomic E-state index is 13.4. The topological polar surface area (TPSA) is 64.8 Å². The van der Waals surface area contributed by atoms with Crippen LogP contribution in [-0.2, 0) is 6.54 Å². The Labute approximate surface area is 193 Å². The number of benzene rings is 2. The van der Waals surface area contributed by atoms with Gasteiger partial charge in [0, 0.05) is 19.5 Å². The molecule has 162 valence electrons. The van der Waals surface area contributed by atoms with Gasteiger partial charge in [-0.05, 0) is 41.3 Å². The summed E-state index contributed by atoms with van der Waals surface area (Å²) in [4.78, 5) is 20.1. The van der Waals surface area contributed by atoms with Gasteiger partial charge in [-0.15, -0.1) is 0 Å². The summed E-state index contributed by atoms with van der Waals surface area (Å²) in [7, 11) is 1.98. The third-order valence-electron chi connectivity index (χ3n) is 5.66. The molecule has 5 rings (SSSR count). The minimum absolute atomic E-state index is 0.164. The van der Waals surface area contributed by atoms with Crippen LogP contribution in [0.5, 0.6) is 0 Å². The van der Waals surface area contributed by atoms with E-state index in [0.717, 1.165) is 21.1 Å². The lowest BCUT2D eigenvalue weighted by molar-refractivity contribution is 0.627. The van der Waals surface area contributed by atoms with E-state index >= 15 is 0 Å². The molecule has 0 bridgehead atoms. The highest BCUT2D eigenvalue weighted by atomic mass is 35.5. The molecule has 1 aliphatic carbocycles. The molecule has 2 heterocycles. The average molecular weight is 467 g/mol. The van der Waals surface area contributed by atoms with Crippen LogP contribution < -0.4 is 10.5 Å². The van der Waals surface area contributed by atoms with Crippen LogP contribution in [0.1, 0.15) is 39.6 Å². The van der Waals surface area contributed by atoms with E-state index in [1.807, 2.05) is 31.3 Å². The fraction of sp³-hybridized carbons (Fsp3) is 0.167. The van der Waals surface area contributed by atoms with Crippen molar-refractivity contribution >= 4 is 39.7 Å². The van der Waals surface area contributed by atoms with Crippen LogP contribution in [0.25, 0.3) is 11.6 Å². The predicted octanol–water partition coefficient (Wildman–Crippen LogP) is 5.66. The molecule has 2 aromatic heterocycles. The molecule has 0 saturated carbocycles. The molecule has 2 N–H and O–H groups in total. The lowest BCUT2D eigenvalue weighted by Gasteiger charge is -2.22. The van der Waals surface area contributed by atoms with Crippen LogP contribution >= 0.6 is 22.9 Å². The van der Waals surface area contributed by atoms with Crippen LogP contribution in [0, 0.1) is 5.82 Å².